The number of amides is 1. The van der Waals surface area contributed by atoms with Crippen LogP contribution in [0.1, 0.15) is 21.6 Å². The fourth-order valence-corrected chi connectivity index (χ4v) is 4.10. The van der Waals surface area contributed by atoms with Gasteiger partial charge in [-0.1, -0.05) is 12.1 Å². The van der Waals surface area contributed by atoms with Crippen molar-refractivity contribution in [2.75, 3.05) is 0 Å². The van der Waals surface area contributed by atoms with Crippen LogP contribution in [-0.4, -0.2) is 23.8 Å². The SMILES string of the molecule is O=C1c2cccnc2CN1Cc1cc(-c2ccc3nn(I)cc3c2)ccc1F. The smallest absolute Gasteiger partial charge is 0.256 e. The number of benzene rings is 2. The quantitative estimate of drug-likeness (QED) is 0.400. The predicted octanol–water partition coefficient (Wildman–Crippen LogP) is 4.59. The Labute approximate surface area is 174 Å². The van der Waals surface area contributed by atoms with Gasteiger partial charge in [-0.2, -0.15) is 5.10 Å². The molecule has 2 aromatic heterocycles. The number of hydrogen-bond acceptors (Lipinski definition) is 3. The van der Waals surface area contributed by atoms with Crippen molar-refractivity contribution < 1.29 is 9.18 Å². The number of carbonyl (C=O) groups excluding carboxylic acids is 1. The van der Waals surface area contributed by atoms with Gasteiger partial charge in [-0.3, -0.25) is 9.78 Å². The molecule has 0 radical (unpaired) electrons. The van der Waals surface area contributed by atoms with E-state index in [-0.39, 0.29) is 18.3 Å². The molecule has 0 saturated carbocycles. The largest absolute Gasteiger partial charge is 0.328 e. The highest BCUT2D eigenvalue weighted by molar-refractivity contribution is 14.1. The van der Waals surface area contributed by atoms with Gasteiger partial charge in [-0.25, -0.2) is 7.29 Å². The van der Waals surface area contributed by atoms with Crippen LogP contribution in [0.4, 0.5) is 4.39 Å². The molecule has 0 N–H and O–H groups in total. The lowest BCUT2D eigenvalue weighted by molar-refractivity contribution is 0.0765. The Hall–Kier alpha value is -2.81. The molecular weight excluding hydrogens is 470 g/mol. The number of carbonyl (C=O) groups is 1. The molecule has 0 unspecified atom stereocenters. The third kappa shape index (κ3) is 2.95. The van der Waals surface area contributed by atoms with Crippen LogP contribution in [-0.2, 0) is 13.1 Å². The lowest BCUT2D eigenvalue weighted by Gasteiger charge is -2.16. The van der Waals surface area contributed by atoms with E-state index in [1.165, 1.54) is 6.07 Å². The van der Waals surface area contributed by atoms with Gasteiger partial charge in [0.05, 0.1) is 46.2 Å². The standard InChI is InChI=1S/C21H14FIN4O/c22-18-5-3-13(14-4-6-19-16(9-14)11-27(23)25-19)8-15(18)10-26-12-20-17(21(26)28)2-1-7-24-20/h1-9,11H,10,12H2. The zero-order valence-electron chi connectivity index (χ0n) is 14.6. The van der Waals surface area contributed by atoms with Gasteiger partial charge in [-0.05, 0) is 47.5 Å². The first-order chi connectivity index (χ1) is 13.6. The Morgan fingerprint density at radius 2 is 1.93 bits per heavy atom. The van der Waals surface area contributed by atoms with Crippen molar-refractivity contribution in [3.8, 4) is 11.1 Å². The summed E-state index contributed by atoms with van der Waals surface area (Å²) in [6.45, 7) is 0.613. The number of pyridine rings is 1. The van der Waals surface area contributed by atoms with Crippen LogP contribution < -0.4 is 0 Å². The number of aromatic nitrogens is 3. The van der Waals surface area contributed by atoms with Gasteiger partial charge in [0.15, 0.2) is 0 Å². The summed E-state index contributed by atoms with van der Waals surface area (Å²) in [6, 6.07) is 14.5. The fourth-order valence-electron chi connectivity index (χ4n) is 3.57. The maximum atomic E-state index is 14.5. The van der Waals surface area contributed by atoms with Gasteiger partial charge in [0.2, 0.25) is 0 Å². The molecule has 1 aliphatic rings. The average Bonchev–Trinajstić information content (AvgIpc) is 3.22. The molecule has 5 nitrogen and oxygen atoms in total. The number of halogens is 2. The third-order valence-electron chi connectivity index (χ3n) is 4.97. The fraction of sp³-hybridized carbons (Fsp3) is 0.0952. The van der Waals surface area contributed by atoms with Crippen molar-refractivity contribution in [3.63, 3.8) is 0 Å². The van der Waals surface area contributed by atoms with E-state index >= 15 is 0 Å². The van der Waals surface area contributed by atoms with Crippen LogP contribution in [0, 0.1) is 5.82 Å². The van der Waals surface area contributed by atoms with Gasteiger partial charge in [0, 0.05) is 29.9 Å². The van der Waals surface area contributed by atoms with E-state index < -0.39 is 0 Å². The van der Waals surface area contributed by atoms with Crippen LogP contribution in [0.2, 0.25) is 0 Å². The van der Waals surface area contributed by atoms with Gasteiger partial charge >= 0.3 is 0 Å². The molecule has 28 heavy (non-hydrogen) atoms. The van der Waals surface area contributed by atoms with Crippen LogP contribution >= 0.6 is 22.9 Å². The highest BCUT2D eigenvalue weighted by Gasteiger charge is 2.28. The van der Waals surface area contributed by atoms with Crippen LogP contribution in [0.15, 0.2) is 60.9 Å². The van der Waals surface area contributed by atoms with E-state index in [9.17, 15) is 9.18 Å². The van der Waals surface area contributed by atoms with Gasteiger partial charge in [0.25, 0.3) is 5.91 Å². The highest BCUT2D eigenvalue weighted by Crippen LogP contribution is 2.28. The zero-order chi connectivity index (χ0) is 19.3. The average molecular weight is 484 g/mol. The van der Waals surface area contributed by atoms with E-state index in [1.54, 1.807) is 32.2 Å². The van der Waals surface area contributed by atoms with Gasteiger partial charge in [0.1, 0.15) is 5.82 Å². The molecule has 4 aromatic rings. The van der Waals surface area contributed by atoms with Crippen molar-refractivity contribution in [1.82, 2.24) is 17.9 Å². The molecule has 0 bridgehead atoms. The van der Waals surface area contributed by atoms with E-state index in [0.717, 1.165) is 27.7 Å². The Bertz CT molecular complexity index is 1240. The summed E-state index contributed by atoms with van der Waals surface area (Å²) >= 11 is 2.11. The van der Waals surface area contributed by atoms with E-state index in [2.05, 4.69) is 32.9 Å². The molecule has 2 aromatic carbocycles. The second kappa shape index (κ2) is 6.66. The highest BCUT2D eigenvalue weighted by atomic mass is 127. The monoisotopic (exact) mass is 484 g/mol. The molecule has 0 saturated heterocycles. The van der Waals surface area contributed by atoms with Gasteiger partial charge in [-0.15, -0.1) is 0 Å². The second-order valence-electron chi connectivity index (χ2n) is 6.76. The molecule has 1 amide bonds. The van der Waals surface area contributed by atoms with E-state index in [4.69, 9.17) is 0 Å². The number of rotatable bonds is 3. The summed E-state index contributed by atoms with van der Waals surface area (Å²) < 4.78 is 16.2. The number of nitrogens with zero attached hydrogens (tertiary/aromatic N) is 4. The normalized spacial score (nSPS) is 13.4. The molecule has 0 atom stereocenters. The van der Waals surface area contributed by atoms with Crippen molar-refractivity contribution in [2.45, 2.75) is 13.1 Å². The zero-order valence-corrected chi connectivity index (χ0v) is 16.8. The second-order valence-corrected chi connectivity index (χ2v) is 7.74. The molecule has 0 spiro atoms. The third-order valence-corrected chi connectivity index (χ3v) is 5.46. The molecular formula is C21H14FIN4O. The maximum Gasteiger partial charge on any atom is 0.256 e. The Morgan fingerprint density at radius 3 is 2.79 bits per heavy atom. The summed E-state index contributed by atoms with van der Waals surface area (Å²) in [5, 5.41) is 5.39. The Kier molecular flexibility index (Phi) is 4.12. The topological polar surface area (TPSA) is 51.0 Å². The minimum absolute atomic E-state index is 0.108. The van der Waals surface area contributed by atoms with Crippen LogP contribution in [0.3, 0.4) is 0 Å². The maximum absolute atomic E-state index is 14.5. The Balaban J connectivity index is 1.47. The Morgan fingerprint density at radius 1 is 1.11 bits per heavy atom. The molecule has 1 aliphatic heterocycles. The van der Waals surface area contributed by atoms with E-state index in [0.29, 0.717) is 17.7 Å². The molecule has 7 heteroatoms. The lowest BCUT2D eigenvalue weighted by Crippen LogP contribution is -2.23. The molecule has 3 heterocycles. The summed E-state index contributed by atoms with van der Waals surface area (Å²) in [6.07, 6.45) is 3.61. The predicted molar refractivity (Wildman–Crippen MR) is 112 cm³/mol. The summed E-state index contributed by atoms with van der Waals surface area (Å²) in [4.78, 5) is 18.5. The molecule has 0 fully saturated rings. The number of fused-ring (bicyclic) bond motifs is 2. The first-order valence-electron chi connectivity index (χ1n) is 8.76. The lowest BCUT2D eigenvalue weighted by atomic mass is 10.0. The molecule has 138 valence electrons. The van der Waals surface area contributed by atoms with E-state index in [1.807, 2.05) is 30.5 Å². The molecule has 5 rings (SSSR count). The van der Waals surface area contributed by atoms with Crippen molar-refractivity contribution in [2.24, 2.45) is 0 Å². The summed E-state index contributed by atoms with van der Waals surface area (Å²) in [5.74, 6) is -0.426. The van der Waals surface area contributed by atoms with Crippen LogP contribution in [0.25, 0.3) is 22.0 Å². The summed E-state index contributed by atoms with van der Waals surface area (Å²) in [7, 11) is 0. The first-order valence-corrected chi connectivity index (χ1v) is 9.72. The van der Waals surface area contributed by atoms with Crippen LogP contribution in [0.5, 0.6) is 0 Å². The molecule has 0 aliphatic carbocycles. The number of hydrogen-bond donors (Lipinski definition) is 0. The first kappa shape index (κ1) is 17.3. The summed E-state index contributed by atoms with van der Waals surface area (Å²) in [5.41, 5.74) is 4.63. The minimum atomic E-state index is -0.318. The van der Waals surface area contributed by atoms with Gasteiger partial charge < -0.3 is 4.90 Å². The minimum Gasteiger partial charge on any atom is -0.328 e. The van der Waals surface area contributed by atoms with Crippen molar-refractivity contribution in [3.05, 3.63) is 83.6 Å². The van der Waals surface area contributed by atoms with Crippen molar-refractivity contribution in [1.29, 1.82) is 0 Å². The van der Waals surface area contributed by atoms with Crippen molar-refractivity contribution >= 4 is 39.7 Å².